The first-order valence-corrected chi connectivity index (χ1v) is 5.20. The third-order valence-corrected chi connectivity index (χ3v) is 2.58. The van der Waals surface area contributed by atoms with E-state index in [0.29, 0.717) is 17.4 Å². The van der Waals surface area contributed by atoms with Gasteiger partial charge in [0.25, 0.3) is 5.56 Å². The lowest BCUT2D eigenvalue weighted by molar-refractivity contribution is 0.967. The highest BCUT2D eigenvalue weighted by Gasteiger charge is 2.25. The van der Waals surface area contributed by atoms with Crippen LogP contribution >= 0.6 is 0 Å². The molecule has 2 aromatic heterocycles. The van der Waals surface area contributed by atoms with Crippen molar-refractivity contribution in [2.45, 2.75) is 18.8 Å². The summed E-state index contributed by atoms with van der Waals surface area (Å²) < 4.78 is 0. The topological polar surface area (TPSA) is 71.5 Å². The van der Waals surface area contributed by atoms with Gasteiger partial charge in [0.1, 0.15) is 12.0 Å². The highest BCUT2D eigenvalue weighted by molar-refractivity contribution is 5.47. The van der Waals surface area contributed by atoms with Crippen molar-refractivity contribution in [2.75, 3.05) is 0 Å². The zero-order valence-electron chi connectivity index (χ0n) is 8.55. The van der Waals surface area contributed by atoms with Gasteiger partial charge in [0.15, 0.2) is 5.82 Å². The fourth-order valence-corrected chi connectivity index (χ4v) is 1.62. The molecule has 3 rings (SSSR count). The summed E-state index contributed by atoms with van der Waals surface area (Å²) in [5.41, 5.74) is 1.40. The summed E-state index contributed by atoms with van der Waals surface area (Å²) in [6.07, 6.45) is 5.32. The number of aromatic nitrogens is 4. The number of aromatic amines is 1. The predicted octanol–water partition coefficient (Wildman–Crippen LogP) is 1.10. The molecule has 0 radical (unpaired) electrons. The SMILES string of the molecule is O=c1cc(C2CC2)nc(-c2ccncn2)[nH]1. The minimum Gasteiger partial charge on any atom is -0.305 e. The Morgan fingerprint density at radius 1 is 1.38 bits per heavy atom. The fourth-order valence-electron chi connectivity index (χ4n) is 1.62. The summed E-state index contributed by atoms with van der Waals surface area (Å²) in [5, 5.41) is 0. The molecule has 1 fully saturated rings. The average Bonchev–Trinajstić information content (AvgIpc) is 3.13. The summed E-state index contributed by atoms with van der Waals surface area (Å²) in [4.78, 5) is 26.5. The molecule has 0 atom stereocenters. The molecule has 0 aliphatic heterocycles. The van der Waals surface area contributed by atoms with E-state index in [0.717, 1.165) is 18.5 Å². The number of H-pyrrole nitrogens is 1. The zero-order chi connectivity index (χ0) is 11.0. The largest absolute Gasteiger partial charge is 0.305 e. The third kappa shape index (κ3) is 1.71. The molecule has 80 valence electrons. The second-order valence-corrected chi connectivity index (χ2v) is 3.89. The van der Waals surface area contributed by atoms with E-state index >= 15 is 0 Å². The van der Waals surface area contributed by atoms with Gasteiger partial charge in [-0.15, -0.1) is 0 Å². The van der Waals surface area contributed by atoms with E-state index in [2.05, 4.69) is 19.9 Å². The van der Waals surface area contributed by atoms with Gasteiger partial charge in [0, 0.05) is 18.2 Å². The van der Waals surface area contributed by atoms with Crippen molar-refractivity contribution < 1.29 is 0 Å². The van der Waals surface area contributed by atoms with Crippen molar-refractivity contribution in [1.82, 2.24) is 19.9 Å². The molecule has 5 heteroatoms. The highest BCUT2D eigenvalue weighted by atomic mass is 16.1. The summed E-state index contributed by atoms with van der Waals surface area (Å²) >= 11 is 0. The van der Waals surface area contributed by atoms with Crippen LogP contribution in [0, 0.1) is 0 Å². The zero-order valence-corrected chi connectivity index (χ0v) is 8.55. The summed E-state index contributed by atoms with van der Waals surface area (Å²) in [7, 11) is 0. The Morgan fingerprint density at radius 2 is 2.25 bits per heavy atom. The molecule has 0 saturated heterocycles. The van der Waals surface area contributed by atoms with Crippen molar-refractivity contribution in [3.63, 3.8) is 0 Å². The molecule has 0 spiro atoms. The average molecular weight is 214 g/mol. The molecule has 1 aliphatic carbocycles. The first-order chi connectivity index (χ1) is 7.83. The van der Waals surface area contributed by atoms with Crippen molar-refractivity contribution in [2.24, 2.45) is 0 Å². The van der Waals surface area contributed by atoms with Crippen molar-refractivity contribution in [1.29, 1.82) is 0 Å². The van der Waals surface area contributed by atoms with Crippen LogP contribution in [0.15, 0.2) is 29.5 Å². The number of rotatable bonds is 2. The van der Waals surface area contributed by atoms with Gasteiger partial charge < -0.3 is 4.98 Å². The van der Waals surface area contributed by atoms with Crippen LogP contribution in [0.5, 0.6) is 0 Å². The molecule has 1 N–H and O–H groups in total. The molecule has 5 nitrogen and oxygen atoms in total. The normalized spacial score (nSPS) is 15.0. The second-order valence-electron chi connectivity index (χ2n) is 3.89. The van der Waals surface area contributed by atoms with E-state index in [1.165, 1.54) is 6.33 Å². The molecule has 1 aliphatic rings. The van der Waals surface area contributed by atoms with Gasteiger partial charge in [0.2, 0.25) is 0 Å². The predicted molar refractivity (Wildman–Crippen MR) is 57.9 cm³/mol. The molecular weight excluding hydrogens is 204 g/mol. The van der Waals surface area contributed by atoms with Crippen molar-refractivity contribution >= 4 is 0 Å². The van der Waals surface area contributed by atoms with Gasteiger partial charge in [-0.2, -0.15) is 0 Å². The van der Waals surface area contributed by atoms with Crippen LogP contribution < -0.4 is 5.56 Å². The van der Waals surface area contributed by atoms with Crippen LogP contribution in [0.3, 0.4) is 0 Å². The first-order valence-electron chi connectivity index (χ1n) is 5.20. The number of nitrogens with zero attached hydrogens (tertiary/aromatic N) is 3. The van der Waals surface area contributed by atoms with Gasteiger partial charge in [-0.05, 0) is 18.9 Å². The second kappa shape index (κ2) is 3.52. The Morgan fingerprint density at radius 3 is 2.94 bits per heavy atom. The van der Waals surface area contributed by atoms with Gasteiger partial charge >= 0.3 is 0 Å². The lowest BCUT2D eigenvalue weighted by Gasteiger charge is -2.01. The Labute approximate surface area is 91.6 Å². The quantitative estimate of drug-likeness (QED) is 0.812. The molecule has 1 saturated carbocycles. The summed E-state index contributed by atoms with van der Waals surface area (Å²) in [6.45, 7) is 0. The Balaban J connectivity index is 2.10. The van der Waals surface area contributed by atoms with Gasteiger partial charge in [-0.25, -0.2) is 15.0 Å². The standard InChI is InChI=1S/C11H10N4O/c16-10-5-9(7-1-2-7)14-11(15-10)8-3-4-12-6-13-8/h3-7H,1-2H2,(H,14,15,16). The smallest absolute Gasteiger partial charge is 0.251 e. The minimum atomic E-state index is -0.120. The van der Waals surface area contributed by atoms with E-state index in [1.807, 2.05) is 0 Å². The van der Waals surface area contributed by atoms with Crippen molar-refractivity contribution in [3.05, 3.63) is 40.7 Å². The third-order valence-electron chi connectivity index (χ3n) is 2.58. The van der Waals surface area contributed by atoms with E-state index in [1.54, 1.807) is 18.3 Å². The molecule has 0 aromatic carbocycles. The minimum absolute atomic E-state index is 0.120. The molecule has 2 aromatic rings. The maximum Gasteiger partial charge on any atom is 0.251 e. The Kier molecular flexibility index (Phi) is 2.02. The van der Waals surface area contributed by atoms with Crippen LogP contribution in [-0.4, -0.2) is 19.9 Å². The van der Waals surface area contributed by atoms with Crippen molar-refractivity contribution in [3.8, 4) is 11.5 Å². The Bertz CT molecular complexity index is 560. The Hall–Kier alpha value is -2.04. The van der Waals surface area contributed by atoms with Crippen LogP contribution in [0.1, 0.15) is 24.5 Å². The van der Waals surface area contributed by atoms with E-state index < -0.39 is 0 Å². The fraction of sp³-hybridized carbons (Fsp3) is 0.273. The van der Waals surface area contributed by atoms with E-state index in [4.69, 9.17) is 0 Å². The van der Waals surface area contributed by atoms with Gasteiger partial charge in [-0.3, -0.25) is 4.79 Å². The van der Waals surface area contributed by atoms with Crippen LogP contribution in [0.25, 0.3) is 11.5 Å². The molecule has 0 bridgehead atoms. The van der Waals surface area contributed by atoms with Crippen LogP contribution in [0.2, 0.25) is 0 Å². The molecule has 0 unspecified atom stereocenters. The monoisotopic (exact) mass is 214 g/mol. The van der Waals surface area contributed by atoms with Crippen LogP contribution in [0.4, 0.5) is 0 Å². The number of hydrogen-bond donors (Lipinski definition) is 1. The van der Waals surface area contributed by atoms with Gasteiger partial charge in [0.05, 0.1) is 5.69 Å². The van der Waals surface area contributed by atoms with Gasteiger partial charge in [-0.1, -0.05) is 0 Å². The summed E-state index contributed by atoms with van der Waals surface area (Å²) in [6, 6.07) is 3.30. The van der Waals surface area contributed by atoms with E-state index in [9.17, 15) is 4.79 Å². The summed E-state index contributed by atoms with van der Waals surface area (Å²) in [5.74, 6) is 0.986. The maximum atomic E-state index is 11.5. The lowest BCUT2D eigenvalue weighted by Crippen LogP contribution is -2.10. The molecule has 16 heavy (non-hydrogen) atoms. The highest BCUT2D eigenvalue weighted by Crippen LogP contribution is 2.38. The van der Waals surface area contributed by atoms with E-state index in [-0.39, 0.29) is 5.56 Å². The number of nitrogens with one attached hydrogen (secondary N) is 1. The molecule has 0 amide bonds. The number of hydrogen-bond acceptors (Lipinski definition) is 4. The van der Waals surface area contributed by atoms with Crippen LogP contribution in [-0.2, 0) is 0 Å². The maximum absolute atomic E-state index is 11.5. The molecular formula is C11H10N4O. The first kappa shape index (κ1) is 9.21. The lowest BCUT2D eigenvalue weighted by atomic mass is 10.2. The molecule has 2 heterocycles.